The van der Waals surface area contributed by atoms with Crippen LogP contribution in [0.15, 0.2) is 12.2 Å². The SMILES string of the molecule is C=C(C#N)C1CCCCC1. The largest absolute Gasteiger partial charge is 0.193 e. The first-order valence-corrected chi connectivity index (χ1v) is 3.93. The predicted molar refractivity (Wildman–Crippen MR) is 41.3 cm³/mol. The summed E-state index contributed by atoms with van der Waals surface area (Å²) in [6, 6.07) is 2.14. The lowest BCUT2D eigenvalue weighted by atomic mass is 9.85. The molecule has 0 aromatic rings. The summed E-state index contributed by atoms with van der Waals surface area (Å²) < 4.78 is 0. The van der Waals surface area contributed by atoms with Crippen LogP contribution < -0.4 is 0 Å². The molecule has 54 valence electrons. The molecule has 0 N–H and O–H groups in total. The molecule has 0 radical (unpaired) electrons. The van der Waals surface area contributed by atoms with Crippen molar-refractivity contribution in [1.82, 2.24) is 0 Å². The van der Waals surface area contributed by atoms with Gasteiger partial charge in [0.1, 0.15) is 0 Å². The molecule has 0 aromatic heterocycles. The zero-order valence-electron chi connectivity index (χ0n) is 6.27. The molecular weight excluding hydrogens is 122 g/mol. The van der Waals surface area contributed by atoms with Crippen LogP contribution in [0.3, 0.4) is 0 Å². The molecular formula is C9H13N. The maximum absolute atomic E-state index is 8.54. The highest BCUT2D eigenvalue weighted by Gasteiger charge is 2.15. The number of hydrogen-bond donors (Lipinski definition) is 0. The van der Waals surface area contributed by atoms with Gasteiger partial charge < -0.3 is 0 Å². The first kappa shape index (κ1) is 7.34. The molecule has 10 heavy (non-hydrogen) atoms. The van der Waals surface area contributed by atoms with Crippen LogP contribution in [0.1, 0.15) is 32.1 Å². The molecule has 1 nitrogen and oxygen atoms in total. The summed E-state index contributed by atoms with van der Waals surface area (Å²) in [6.45, 7) is 3.74. The molecule has 0 atom stereocenters. The number of nitrogens with zero attached hydrogens (tertiary/aromatic N) is 1. The van der Waals surface area contributed by atoms with Gasteiger partial charge in [-0.05, 0) is 18.8 Å². The van der Waals surface area contributed by atoms with Gasteiger partial charge in [-0.15, -0.1) is 0 Å². The molecule has 0 bridgehead atoms. The van der Waals surface area contributed by atoms with Crippen LogP contribution in [-0.4, -0.2) is 0 Å². The summed E-state index contributed by atoms with van der Waals surface area (Å²) in [5, 5.41) is 8.54. The van der Waals surface area contributed by atoms with Crippen molar-refractivity contribution in [3.8, 4) is 6.07 Å². The van der Waals surface area contributed by atoms with Crippen molar-refractivity contribution in [3.63, 3.8) is 0 Å². The second kappa shape index (κ2) is 3.41. The van der Waals surface area contributed by atoms with E-state index in [2.05, 4.69) is 12.6 Å². The summed E-state index contributed by atoms with van der Waals surface area (Å²) in [4.78, 5) is 0. The van der Waals surface area contributed by atoms with Crippen LogP contribution in [0.2, 0.25) is 0 Å². The fourth-order valence-electron chi connectivity index (χ4n) is 1.54. The third-order valence-corrected chi connectivity index (χ3v) is 2.24. The Labute approximate surface area is 62.4 Å². The fourth-order valence-corrected chi connectivity index (χ4v) is 1.54. The van der Waals surface area contributed by atoms with Crippen molar-refractivity contribution in [2.24, 2.45) is 5.92 Å². The first-order valence-electron chi connectivity index (χ1n) is 3.93. The van der Waals surface area contributed by atoms with Gasteiger partial charge in [0.25, 0.3) is 0 Å². The second-order valence-electron chi connectivity index (χ2n) is 2.97. The lowest BCUT2D eigenvalue weighted by Crippen LogP contribution is -2.06. The molecule has 1 fully saturated rings. The van der Waals surface area contributed by atoms with Crippen molar-refractivity contribution in [2.45, 2.75) is 32.1 Å². The number of rotatable bonds is 1. The van der Waals surface area contributed by atoms with Gasteiger partial charge in [0.2, 0.25) is 0 Å². The van der Waals surface area contributed by atoms with E-state index in [9.17, 15) is 0 Å². The van der Waals surface area contributed by atoms with Gasteiger partial charge in [-0.25, -0.2) is 0 Å². The highest BCUT2D eigenvalue weighted by atomic mass is 14.3. The van der Waals surface area contributed by atoms with E-state index in [0.29, 0.717) is 5.92 Å². The average Bonchev–Trinajstić information content (AvgIpc) is 2.05. The summed E-state index contributed by atoms with van der Waals surface area (Å²) >= 11 is 0. The molecule has 1 saturated carbocycles. The molecule has 0 aromatic carbocycles. The average molecular weight is 135 g/mol. The van der Waals surface area contributed by atoms with Gasteiger partial charge in [-0.3, -0.25) is 0 Å². The Balaban J connectivity index is 2.40. The van der Waals surface area contributed by atoms with E-state index >= 15 is 0 Å². The van der Waals surface area contributed by atoms with Crippen molar-refractivity contribution in [2.75, 3.05) is 0 Å². The predicted octanol–water partition coefficient (Wildman–Crippen LogP) is 2.65. The molecule has 0 heterocycles. The van der Waals surface area contributed by atoms with Gasteiger partial charge in [-0.2, -0.15) is 5.26 Å². The van der Waals surface area contributed by atoms with Gasteiger partial charge >= 0.3 is 0 Å². The van der Waals surface area contributed by atoms with Crippen LogP contribution in [0.4, 0.5) is 0 Å². The van der Waals surface area contributed by atoms with Crippen LogP contribution >= 0.6 is 0 Å². The third-order valence-electron chi connectivity index (χ3n) is 2.24. The Hall–Kier alpha value is -0.770. The van der Waals surface area contributed by atoms with E-state index in [0.717, 1.165) is 5.57 Å². The Morgan fingerprint density at radius 3 is 2.40 bits per heavy atom. The van der Waals surface area contributed by atoms with Crippen molar-refractivity contribution in [3.05, 3.63) is 12.2 Å². The lowest BCUT2D eigenvalue weighted by Gasteiger charge is -2.19. The molecule has 0 amide bonds. The molecule has 0 unspecified atom stereocenters. The summed E-state index contributed by atoms with van der Waals surface area (Å²) in [5.41, 5.74) is 0.791. The molecule has 1 heteroatoms. The Bertz CT molecular complexity index is 158. The van der Waals surface area contributed by atoms with E-state index in [1.807, 2.05) is 0 Å². The first-order chi connectivity index (χ1) is 4.84. The zero-order valence-corrected chi connectivity index (χ0v) is 6.27. The van der Waals surface area contributed by atoms with Crippen LogP contribution in [0.25, 0.3) is 0 Å². The van der Waals surface area contributed by atoms with Crippen molar-refractivity contribution >= 4 is 0 Å². The highest BCUT2D eigenvalue weighted by Crippen LogP contribution is 2.28. The Kier molecular flexibility index (Phi) is 2.50. The summed E-state index contributed by atoms with van der Waals surface area (Å²) in [5.74, 6) is 0.513. The van der Waals surface area contributed by atoms with E-state index in [1.54, 1.807) is 0 Å². The topological polar surface area (TPSA) is 23.8 Å². The van der Waals surface area contributed by atoms with E-state index in [-0.39, 0.29) is 0 Å². The highest BCUT2D eigenvalue weighted by molar-refractivity contribution is 5.19. The quantitative estimate of drug-likeness (QED) is 0.507. The van der Waals surface area contributed by atoms with Crippen LogP contribution in [0, 0.1) is 17.2 Å². The minimum Gasteiger partial charge on any atom is -0.193 e. The number of hydrogen-bond acceptors (Lipinski definition) is 1. The third kappa shape index (κ3) is 1.60. The maximum atomic E-state index is 8.54. The standard InChI is InChI=1S/C9H13N/c1-8(7-10)9-5-3-2-4-6-9/h9H,1-6H2. The van der Waals surface area contributed by atoms with Crippen LogP contribution in [-0.2, 0) is 0 Å². The fraction of sp³-hybridized carbons (Fsp3) is 0.667. The van der Waals surface area contributed by atoms with Crippen molar-refractivity contribution in [1.29, 1.82) is 5.26 Å². The van der Waals surface area contributed by atoms with Gasteiger partial charge in [0.15, 0.2) is 0 Å². The van der Waals surface area contributed by atoms with E-state index in [4.69, 9.17) is 5.26 Å². The number of nitriles is 1. The Morgan fingerprint density at radius 2 is 1.90 bits per heavy atom. The van der Waals surface area contributed by atoms with Crippen LogP contribution in [0.5, 0.6) is 0 Å². The molecule has 0 saturated heterocycles. The Morgan fingerprint density at radius 1 is 1.30 bits per heavy atom. The van der Waals surface area contributed by atoms with Gasteiger partial charge in [-0.1, -0.05) is 25.8 Å². The maximum Gasteiger partial charge on any atom is 0.0943 e. The minimum atomic E-state index is 0.513. The normalized spacial score (nSPS) is 19.9. The molecule has 1 aliphatic rings. The second-order valence-corrected chi connectivity index (χ2v) is 2.97. The number of allylic oxidation sites excluding steroid dienone is 1. The molecule has 0 spiro atoms. The minimum absolute atomic E-state index is 0.513. The molecule has 1 rings (SSSR count). The lowest BCUT2D eigenvalue weighted by molar-refractivity contribution is 0.410. The van der Waals surface area contributed by atoms with E-state index in [1.165, 1.54) is 32.1 Å². The van der Waals surface area contributed by atoms with Gasteiger partial charge in [0, 0.05) is 5.57 Å². The van der Waals surface area contributed by atoms with E-state index < -0.39 is 0 Å². The summed E-state index contributed by atoms with van der Waals surface area (Å²) in [7, 11) is 0. The monoisotopic (exact) mass is 135 g/mol. The molecule has 0 aliphatic heterocycles. The molecule has 1 aliphatic carbocycles. The van der Waals surface area contributed by atoms with Crippen molar-refractivity contribution < 1.29 is 0 Å². The smallest absolute Gasteiger partial charge is 0.0943 e. The summed E-state index contributed by atoms with van der Waals surface area (Å²) in [6.07, 6.45) is 6.28. The van der Waals surface area contributed by atoms with Gasteiger partial charge in [0.05, 0.1) is 6.07 Å². The zero-order chi connectivity index (χ0) is 7.40.